The van der Waals surface area contributed by atoms with Gasteiger partial charge in [0, 0.05) is 41.3 Å². The summed E-state index contributed by atoms with van der Waals surface area (Å²) in [6, 6.07) is 13.6. The summed E-state index contributed by atoms with van der Waals surface area (Å²) in [5.41, 5.74) is 4.74. The number of allylic oxidation sites excluding steroid dienone is 4. The topological polar surface area (TPSA) is 64.6 Å². The van der Waals surface area contributed by atoms with Gasteiger partial charge in [-0.3, -0.25) is 9.59 Å². The second-order valence-corrected chi connectivity index (χ2v) is 12.7. The third kappa shape index (κ3) is 5.13. The second kappa shape index (κ2) is 9.92. The minimum absolute atomic E-state index is 0.0800. The van der Waals surface area contributed by atoms with E-state index in [0.29, 0.717) is 53.7 Å². The largest absolute Gasteiger partial charge is 0.490 e. The monoisotopic (exact) mass is 533 g/mol. The maximum atomic E-state index is 13.6. The Morgan fingerprint density at radius 3 is 2.00 bits per heavy atom. The van der Waals surface area contributed by atoms with E-state index in [1.54, 1.807) is 0 Å². The van der Waals surface area contributed by atoms with Crippen LogP contribution in [0.4, 0.5) is 0 Å². The van der Waals surface area contributed by atoms with Crippen LogP contribution in [0.15, 0.2) is 65.0 Å². The summed E-state index contributed by atoms with van der Waals surface area (Å²) in [5.74, 6) is 0.660. The molecule has 0 saturated heterocycles. The second-order valence-electron chi connectivity index (χ2n) is 12.3. The molecule has 0 radical (unpaired) electrons. The van der Waals surface area contributed by atoms with Crippen molar-refractivity contribution in [1.82, 2.24) is 5.32 Å². The Balaban J connectivity index is 1.62. The normalized spacial score (nSPS) is 20.6. The van der Waals surface area contributed by atoms with E-state index in [9.17, 15) is 9.59 Å². The summed E-state index contributed by atoms with van der Waals surface area (Å²) in [6.07, 6.45) is 2.38. The van der Waals surface area contributed by atoms with Crippen LogP contribution in [0.2, 0.25) is 5.02 Å². The molecule has 38 heavy (non-hydrogen) atoms. The van der Waals surface area contributed by atoms with E-state index in [0.717, 1.165) is 35.4 Å². The molecule has 1 heterocycles. The molecule has 3 aliphatic rings. The van der Waals surface area contributed by atoms with Crippen LogP contribution in [0.1, 0.15) is 77.3 Å². The van der Waals surface area contributed by atoms with Crippen molar-refractivity contribution >= 4 is 23.2 Å². The molecular weight excluding hydrogens is 498 g/mol. The van der Waals surface area contributed by atoms with Crippen LogP contribution in [0.3, 0.4) is 0 Å². The fourth-order valence-electron chi connectivity index (χ4n) is 6.11. The molecule has 0 unspecified atom stereocenters. The molecule has 0 atom stereocenters. The average Bonchev–Trinajstić information content (AvgIpc) is 2.81. The Labute approximate surface area is 230 Å². The molecule has 1 N–H and O–H groups in total. The highest BCUT2D eigenvalue weighted by molar-refractivity contribution is 6.32. The van der Waals surface area contributed by atoms with Crippen LogP contribution in [-0.2, 0) is 16.2 Å². The van der Waals surface area contributed by atoms with Crippen molar-refractivity contribution < 1.29 is 19.1 Å². The van der Waals surface area contributed by atoms with Gasteiger partial charge in [0.2, 0.25) is 0 Å². The molecule has 2 aromatic rings. The van der Waals surface area contributed by atoms with Crippen molar-refractivity contribution in [1.29, 1.82) is 0 Å². The molecule has 0 bridgehead atoms. The van der Waals surface area contributed by atoms with Gasteiger partial charge in [0.1, 0.15) is 6.61 Å². The van der Waals surface area contributed by atoms with Gasteiger partial charge in [-0.1, -0.05) is 69.6 Å². The molecule has 0 amide bonds. The van der Waals surface area contributed by atoms with Crippen LogP contribution >= 0.6 is 11.6 Å². The number of ether oxygens (including phenoxy) is 2. The van der Waals surface area contributed by atoms with Gasteiger partial charge in [0.05, 0.1) is 11.6 Å². The van der Waals surface area contributed by atoms with E-state index >= 15 is 0 Å². The molecule has 2 aromatic carbocycles. The summed E-state index contributed by atoms with van der Waals surface area (Å²) >= 11 is 6.85. The predicted molar refractivity (Wildman–Crippen MR) is 149 cm³/mol. The molecular formula is C32H36ClNO4. The first-order chi connectivity index (χ1) is 18.0. The van der Waals surface area contributed by atoms with Crippen molar-refractivity contribution in [3.8, 4) is 11.5 Å². The fourth-order valence-corrected chi connectivity index (χ4v) is 6.38. The first-order valence-corrected chi connectivity index (χ1v) is 13.8. The quantitative estimate of drug-likeness (QED) is 0.422. The van der Waals surface area contributed by atoms with E-state index in [1.807, 2.05) is 49.4 Å². The molecule has 1 aliphatic heterocycles. The van der Waals surface area contributed by atoms with E-state index < -0.39 is 5.92 Å². The molecule has 5 nitrogen and oxygen atoms in total. The lowest BCUT2D eigenvalue weighted by atomic mass is 9.64. The predicted octanol–water partition coefficient (Wildman–Crippen LogP) is 7.29. The van der Waals surface area contributed by atoms with E-state index in [1.165, 1.54) is 0 Å². The Hall–Kier alpha value is -3.05. The third-order valence-corrected chi connectivity index (χ3v) is 7.89. The number of halogens is 1. The highest BCUT2D eigenvalue weighted by atomic mass is 35.5. The fraction of sp³-hybridized carbons (Fsp3) is 0.438. The van der Waals surface area contributed by atoms with Crippen molar-refractivity contribution in [2.24, 2.45) is 10.8 Å². The number of nitrogens with one attached hydrogen (secondary N) is 1. The number of ketones is 2. The minimum atomic E-state index is -0.478. The molecule has 6 heteroatoms. The summed E-state index contributed by atoms with van der Waals surface area (Å²) in [7, 11) is 0. The number of dihydropyridines is 1. The van der Waals surface area contributed by atoms with Crippen LogP contribution in [0, 0.1) is 10.8 Å². The van der Waals surface area contributed by atoms with E-state index in [4.69, 9.17) is 21.1 Å². The maximum absolute atomic E-state index is 13.6. The van der Waals surface area contributed by atoms with Gasteiger partial charge in [-0.2, -0.15) is 0 Å². The Kier molecular flexibility index (Phi) is 6.93. The number of hydrogen-bond acceptors (Lipinski definition) is 5. The molecule has 200 valence electrons. The number of carbonyl (C=O) groups is 2. The van der Waals surface area contributed by atoms with Gasteiger partial charge < -0.3 is 14.8 Å². The molecule has 0 fully saturated rings. The summed E-state index contributed by atoms with van der Waals surface area (Å²) in [6.45, 7) is 11.2. The van der Waals surface area contributed by atoms with Crippen molar-refractivity contribution in [2.75, 3.05) is 6.61 Å². The van der Waals surface area contributed by atoms with Gasteiger partial charge >= 0.3 is 0 Å². The molecule has 5 rings (SSSR count). The number of carbonyl (C=O) groups excluding carboxylic acids is 2. The van der Waals surface area contributed by atoms with Crippen LogP contribution in [0.5, 0.6) is 11.5 Å². The van der Waals surface area contributed by atoms with Crippen LogP contribution < -0.4 is 14.8 Å². The lowest BCUT2D eigenvalue weighted by molar-refractivity contribution is -0.119. The van der Waals surface area contributed by atoms with Gasteiger partial charge in [-0.05, 0) is 53.9 Å². The Morgan fingerprint density at radius 2 is 1.45 bits per heavy atom. The summed E-state index contributed by atoms with van der Waals surface area (Å²) < 4.78 is 12.1. The molecule has 0 saturated carbocycles. The van der Waals surface area contributed by atoms with Crippen molar-refractivity contribution in [3.63, 3.8) is 0 Å². The van der Waals surface area contributed by atoms with Crippen LogP contribution in [-0.4, -0.2) is 18.2 Å². The van der Waals surface area contributed by atoms with Gasteiger partial charge in [0.25, 0.3) is 0 Å². The molecule has 2 aliphatic carbocycles. The van der Waals surface area contributed by atoms with Crippen LogP contribution in [0.25, 0.3) is 0 Å². The highest BCUT2D eigenvalue weighted by Crippen LogP contribution is 2.52. The summed E-state index contributed by atoms with van der Waals surface area (Å²) in [4.78, 5) is 27.3. The minimum Gasteiger partial charge on any atom is -0.490 e. The van der Waals surface area contributed by atoms with Gasteiger partial charge in [-0.25, -0.2) is 0 Å². The summed E-state index contributed by atoms with van der Waals surface area (Å²) in [5, 5.41) is 3.96. The van der Waals surface area contributed by atoms with E-state index in [-0.39, 0.29) is 22.4 Å². The SMILES string of the molecule is CCOc1cc(C2C3=C(CC(C)(C)CC3=O)NC3=C2C(=O)CC(C)(C)C3)cc(Cl)c1OCc1ccccc1. The first-order valence-electron chi connectivity index (χ1n) is 13.4. The molecule has 0 aromatic heterocycles. The zero-order chi connectivity index (χ0) is 27.2. The smallest absolute Gasteiger partial charge is 0.180 e. The highest BCUT2D eigenvalue weighted by Gasteiger charge is 2.46. The maximum Gasteiger partial charge on any atom is 0.180 e. The standard InChI is InChI=1S/C32H36ClNO4/c1-6-37-26-13-20(12-21(33)30(26)38-18-19-10-8-7-9-11-19)27-28-22(14-31(2,3)16-24(28)35)34-23-15-32(4,5)17-25(36)29(23)27/h7-13,27,34H,6,14-18H2,1-5H3. The lowest BCUT2D eigenvalue weighted by Gasteiger charge is -2.44. The zero-order valence-electron chi connectivity index (χ0n) is 22.9. The van der Waals surface area contributed by atoms with Crippen molar-refractivity contribution in [2.45, 2.75) is 72.8 Å². The number of rotatable bonds is 6. The van der Waals surface area contributed by atoms with Crippen molar-refractivity contribution in [3.05, 3.63) is 81.2 Å². The number of benzene rings is 2. The average molecular weight is 534 g/mol. The van der Waals surface area contributed by atoms with Gasteiger partial charge in [0.15, 0.2) is 23.1 Å². The molecule has 0 spiro atoms. The zero-order valence-corrected chi connectivity index (χ0v) is 23.6. The third-order valence-electron chi connectivity index (χ3n) is 7.61. The van der Waals surface area contributed by atoms with Gasteiger partial charge in [-0.15, -0.1) is 0 Å². The first kappa shape index (κ1) is 26.6. The lowest BCUT2D eigenvalue weighted by Crippen LogP contribution is -2.42. The number of hydrogen-bond donors (Lipinski definition) is 1. The van der Waals surface area contributed by atoms with E-state index in [2.05, 4.69) is 33.0 Å². The Bertz CT molecular complexity index is 1300. The Morgan fingerprint density at radius 1 is 0.868 bits per heavy atom. The number of Topliss-reactive ketones (excluding diaryl/α,β-unsaturated/α-hetero) is 2.